The van der Waals surface area contributed by atoms with Gasteiger partial charge in [0, 0.05) is 15.6 Å². The van der Waals surface area contributed by atoms with Crippen LogP contribution in [0.2, 0.25) is 10.0 Å². The molecule has 0 aromatic heterocycles. The number of hydrogen-bond acceptors (Lipinski definition) is 1. The molecule has 0 atom stereocenters. The summed E-state index contributed by atoms with van der Waals surface area (Å²) in [5.74, 6) is 0.474. The topological polar surface area (TPSA) is 38.4 Å². The molecule has 0 bridgehead atoms. The highest BCUT2D eigenvalue weighted by Crippen LogP contribution is 2.17. The molecule has 0 amide bonds. The van der Waals surface area contributed by atoms with E-state index < -0.39 is 0 Å². The van der Waals surface area contributed by atoms with Crippen molar-refractivity contribution in [2.45, 2.75) is 13.5 Å². The number of aliphatic imine (C=N–C) groups is 1. The second kappa shape index (κ2) is 6.09. The van der Waals surface area contributed by atoms with Crippen molar-refractivity contribution < 1.29 is 0 Å². The molecule has 2 aromatic carbocycles. The number of aryl methyl sites for hydroxylation is 1. The molecule has 0 saturated heterocycles. The minimum atomic E-state index is 0.474. The van der Waals surface area contributed by atoms with Crippen molar-refractivity contribution in [1.82, 2.24) is 0 Å². The van der Waals surface area contributed by atoms with Gasteiger partial charge < -0.3 is 5.73 Å². The standard InChI is InChI=1S/C15H14Cl2N2/c1-10-5-6-12(8-14(10)17)15(18)19-9-11-3-2-4-13(16)7-11/h2-8H,9H2,1H3,(H2,18,19). The third-order valence-electron chi connectivity index (χ3n) is 2.79. The summed E-state index contributed by atoms with van der Waals surface area (Å²) in [4.78, 5) is 4.35. The highest BCUT2D eigenvalue weighted by atomic mass is 35.5. The molecule has 2 N–H and O–H groups in total. The zero-order valence-electron chi connectivity index (χ0n) is 10.5. The van der Waals surface area contributed by atoms with Crippen LogP contribution >= 0.6 is 23.2 Å². The van der Waals surface area contributed by atoms with E-state index in [1.54, 1.807) is 0 Å². The van der Waals surface area contributed by atoms with E-state index in [4.69, 9.17) is 28.9 Å². The first kappa shape index (κ1) is 13.9. The molecule has 2 rings (SSSR count). The first-order chi connectivity index (χ1) is 9.06. The number of nitrogens with zero attached hydrogens (tertiary/aromatic N) is 1. The van der Waals surface area contributed by atoms with Gasteiger partial charge in [-0.1, -0.05) is 47.5 Å². The molecular weight excluding hydrogens is 279 g/mol. The Kier molecular flexibility index (Phi) is 4.46. The molecule has 0 heterocycles. The van der Waals surface area contributed by atoms with Crippen molar-refractivity contribution in [1.29, 1.82) is 0 Å². The van der Waals surface area contributed by atoms with Gasteiger partial charge in [-0.05, 0) is 36.2 Å². The lowest BCUT2D eigenvalue weighted by atomic mass is 10.1. The van der Waals surface area contributed by atoms with Crippen molar-refractivity contribution >= 4 is 29.0 Å². The zero-order valence-corrected chi connectivity index (χ0v) is 12.0. The van der Waals surface area contributed by atoms with Gasteiger partial charge in [0.15, 0.2) is 0 Å². The first-order valence-corrected chi connectivity index (χ1v) is 6.63. The van der Waals surface area contributed by atoms with Crippen LogP contribution in [-0.4, -0.2) is 5.84 Å². The van der Waals surface area contributed by atoms with E-state index in [0.717, 1.165) is 16.7 Å². The Morgan fingerprint density at radius 1 is 1.16 bits per heavy atom. The third kappa shape index (κ3) is 3.72. The maximum Gasteiger partial charge on any atom is 0.126 e. The smallest absolute Gasteiger partial charge is 0.126 e. The molecule has 2 aromatic rings. The van der Waals surface area contributed by atoms with Gasteiger partial charge >= 0.3 is 0 Å². The van der Waals surface area contributed by atoms with Crippen LogP contribution in [0.25, 0.3) is 0 Å². The van der Waals surface area contributed by atoms with E-state index in [1.165, 1.54) is 0 Å². The first-order valence-electron chi connectivity index (χ1n) is 5.87. The number of benzene rings is 2. The van der Waals surface area contributed by atoms with E-state index >= 15 is 0 Å². The minimum Gasteiger partial charge on any atom is -0.383 e. The molecule has 4 heteroatoms. The number of amidine groups is 1. The van der Waals surface area contributed by atoms with Crippen molar-refractivity contribution in [3.63, 3.8) is 0 Å². The van der Waals surface area contributed by atoms with Crippen LogP contribution in [0.15, 0.2) is 47.5 Å². The molecule has 0 radical (unpaired) electrons. The van der Waals surface area contributed by atoms with Crippen molar-refractivity contribution in [3.8, 4) is 0 Å². The average Bonchev–Trinajstić information content (AvgIpc) is 2.39. The SMILES string of the molecule is Cc1ccc(C(N)=NCc2cccc(Cl)c2)cc1Cl. The second-order valence-electron chi connectivity index (χ2n) is 4.30. The third-order valence-corrected chi connectivity index (χ3v) is 3.43. The molecule has 2 nitrogen and oxygen atoms in total. The Morgan fingerprint density at radius 2 is 1.95 bits per heavy atom. The van der Waals surface area contributed by atoms with Gasteiger partial charge in [-0.25, -0.2) is 0 Å². The number of nitrogens with two attached hydrogens (primary N) is 1. The summed E-state index contributed by atoms with van der Waals surface area (Å²) >= 11 is 12.0. The van der Waals surface area contributed by atoms with Gasteiger partial charge in [-0.3, -0.25) is 4.99 Å². The van der Waals surface area contributed by atoms with Crippen molar-refractivity contribution in [2.75, 3.05) is 0 Å². The molecule has 0 saturated carbocycles. The Balaban J connectivity index is 2.16. The quantitative estimate of drug-likeness (QED) is 0.668. The highest BCUT2D eigenvalue weighted by Gasteiger charge is 2.02. The summed E-state index contributed by atoms with van der Waals surface area (Å²) in [5, 5.41) is 1.39. The maximum atomic E-state index is 6.07. The molecule has 98 valence electrons. The summed E-state index contributed by atoms with van der Waals surface area (Å²) < 4.78 is 0. The molecule has 0 aliphatic carbocycles. The lowest BCUT2D eigenvalue weighted by molar-refractivity contribution is 1.06. The Bertz CT molecular complexity index is 621. The van der Waals surface area contributed by atoms with E-state index in [-0.39, 0.29) is 0 Å². The molecule has 0 aliphatic heterocycles. The highest BCUT2D eigenvalue weighted by molar-refractivity contribution is 6.31. The normalized spacial score (nSPS) is 11.6. The monoisotopic (exact) mass is 292 g/mol. The lowest BCUT2D eigenvalue weighted by Crippen LogP contribution is -2.13. The number of rotatable bonds is 3. The number of halogens is 2. The van der Waals surface area contributed by atoms with Crippen LogP contribution in [0.1, 0.15) is 16.7 Å². The predicted molar refractivity (Wildman–Crippen MR) is 82.1 cm³/mol. The summed E-state index contributed by atoms with van der Waals surface area (Å²) in [6.45, 7) is 2.45. The molecular formula is C15H14Cl2N2. The molecule has 0 spiro atoms. The van der Waals surface area contributed by atoms with E-state index in [0.29, 0.717) is 22.4 Å². The summed E-state index contributed by atoms with van der Waals surface area (Å²) in [6, 6.07) is 13.2. The fourth-order valence-electron chi connectivity index (χ4n) is 1.66. The van der Waals surface area contributed by atoms with Gasteiger partial charge in [0.2, 0.25) is 0 Å². The van der Waals surface area contributed by atoms with E-state index in [9.17, 15) is 0 Å². The Hall–Kier alpha value is -1.51. The Morgan fingerprint density at radius 3 is 2.63 bits per heavy atom. The number of hydrogen-bond donors (Lipinski definition) is 1. The van der Waals surface area contributed by atoms with Gasteiger partial charge in [-0.2, -0.15) is 0 Å². The van der Waals surface area contributed by atoms with Crippen LogP contribution < -0.4 is 5.73 Å². The van der Waals surface area contributed by atoms with Crippen LogP contribution in [0.3, 0.4) is 0 Å². The minimum absolute atomic E-state index is 0.474. The fourth-order valence-corrected chi connectivity index (χ4v) is 2.05. The average molecular weight is 293 g/mol. The summed E-state index contributed by atoms with van der Waals surface area (Å²) in [6.07, 6.45) is 0. The molecule has 0 aliphatic rings. The van der Waals surface area contributed by atoms with Gasteiger partial charge in [-0.15, -0.1) is 0 Å². The van der Waals surface area contributed by atoms with Crippen LogP contribution in [-0.2, 0) is 6.54 Å². The molecule has 0 fully saturated rings. The van der Waals surface area contributed by atoms with E-state index in [1.807, 2.05) is 49.4 Å². The second-order valence-corrected chi connectivity index (χ2v) is 5.14. The molecule has 0 unspecified atom stereocenters. The Labute approximate surface area is 122 Å². The van der Waals surface area contributed by atoms with Crippen LogP contribution in [0, 0.1) is 6.92 Å². The largest absolute Gasteiger partial charge is 0.383 e. The fraction of sp³-hybridized carbons (Fsp3) is 0.133. The van der Waals surface area contributed by atoms with Crippen LogP contribution in [0.5, 0.6) is 0 Å². The summed E-state index contributed by atoms with van der Waals surface area (Å²) in [7, 11) is 0. The van der Waals surface area contributed by atoms with E-state index in [2.05, 4.69) is 4.99 Å². The van der Waals surface area contributed by atoms with Gasteiger partial charge in [0.1, 0.15) is 5.84 Å². The summed E-state index contributed by atoms with van der Waals surface area (Å²) in [5.41, 5.74) is 8.83. The van der Waals surface area contributed by atoms with Crippen LogP contribution in [0.4, 0.5) is 0 Å². The zero-order chi connectivity index (χ0) is 13.8. The van der Waals surface area contributed by atoms with Gasteiger partial charge in [0.25, 0.3) is 0 Å². The lowest BCUT2D eigenvalue weighted by Gasteiger charge is -2.04. The molecule has 19 heavy (non-hydrogen) atoms. The maximum absolute atomic E-state index is 6.07. The van der Waals surface area contributed by atoms with Crippen molar-refractivity contribution in [3.05, 3.63) is 69.2 Å². The predicted octanol–water partition coefficient (Wildman–Crippen LogP) is 4.21. The van der Waals surface area contributed by atoms with Crippen molar-refractivity contribution in [2.24, 2.45) is 10.7 Å². The van der Waals surface area contributed by atoms with Gasteiger partial charge in [0.05, 0.1) is 6.54 Å².